The van der Waals surface area contributed by atoms with E-state index in [0.717, 1.165) is 30.4 Å². The van der Waals surface area contributed by atoms with Gasteiger partial charge in [-0.15, -0.1) is 12.4 Å². The molecule has 0 radical (unpaired) electrons. The second kappa shape index (κ2) is 7.72. The first-order valence-electron chi connectivity index (χ1n) is 6.06. The molecule has 0 aliphatic carbocycles. The van der Waals surface area contributed by atoms with Gasteiger partial charge in [-0.25, -0.2) is 0 Å². The van der Waals surface area contributed by atoms with Crippen LogP contribution in [0.3, 0.4) is 0 Å². The summed E-state index contributed by atoms with van der Waals surface area (Å²) in [6.07, 6.45) is 2.13. The van der Waals surface area contributed by atoms with Gasteiger partial charge in [0.25, 0.3) is 5.91 Å². The molecule has 106 valence electrons. The molecule has 2 rings (SSSR count). The van der Waals surface area contributed by atoms with Gasteiger partial charge in [0.2, 0.25) is 0 Å². The highest BCUT2D eigenvalue weighted by Gasteiger charge is 2.18. The Balaban J connectivity index is 0.00000180. The quantitative estimate of drug-likeness (QED) is 0.881. The lowest BCUT2D eigenvalue weighted by Gasteiger charge is -2.24. The monoisotopic (exact) mass is 348 g/mol. The van der Waals surface area contributed by atoms with E-state index < -0.39 is 0 Å². The first-order chi connectivity index (χ1) is 8.70. The summed E-state index contributed by atoms with van der Waals surface area (Å²) in [6, 6.07) is 5.62. The summed E-state index contributed by atoms with van der Waals surface area (Å²) in [7, 11) is 1.57. The SMILES string of the molecule is COc1cc(Br)ccc1C(=O)N[C@@H]1CCCNC1.Cl. The van der Waals surface area contributed by atoms with Crippen LogP contribution in [0.1, 0.15) is 23.2 Å². The molecule has 1 atom stereocenters. The predicted molar refractivity (Wildman–Crippen MR) is 81.3 cm³/mol. The Hall–Kier alpha value is -0.780. The molecule has 0 bridgehead atoms. The molecular weight excluding hydrogens is 332 g/mol. The summed E-state index contributed by atoms with van der Waals surface area (Å²) >= 11 is 3.36. The van der Waals surface area contributed by atoms with Gasteiger partial charge < -0.3 is 15.4 Å². The lowest BCUT2D eigenvalue weighted by atomic mass is 10.1. The number of carbonyl (C=O) groups excluding carboxylic acids is 1. The Bertz CT molecular complexity index is 437. The lowest BCUT2D eigenvalue weighted by Crippen LogP contribution is -2.45. The zero-order valence-electron chi connectivity index (χ0n) is 10.7. The first kappa shape index (κ1) is 16.3. The van der Waals surface area contributed by atoms with Crippen molar-refractivity contribution in [1.82, 2.24) is 10.6 Å². The second-order valence-electron chi connectivity index (χ2n) is 4.36. The largest absolute Gasteiger partial charge is 0.496 e. The molecule has 6 heteroatoms. The van der Waals surface area contributed by atoms with Gasteiger partial charge >= 0.3 is 0 Å². The number of ether oxygens (including phenoxy) is 1. The van der Waals surface area contributed by atoms with Crippen molar-refractivity contribution in [1.29, 1.82) is 0 Å². The third-order valence-electron chi connectivity index (χ3n) is 3.04. The van der Waals surface area contributed by atoms with Gasteiger partial charge in [0, 0.05) is 17.1 Å². The smallest absolute Gasteiger partial charge is 0.255 e. The van der Waals surface area contributed by atoms with Crippen molar-refractivity contribution in [2.75, 3.05) is 20.2 Å². The number of hydrogen-bond acceptors (Lipinski definition) is 3. The van der Waals surface area contributed by atoms with Crippen LogP contribution in [-0.2, 0) is 0 Å². The summed E-state index contributed by atoms with van der Waals surface area (Å²) in [5.41, 5.74) is 0.575. The van der Waals surface area contributed by atoms with Crippen molar-refractivity contribution in [3.05, 3.63) is 28.2 Å². The van der Waals surface area contributed by atoms with Crippen LogP contribution in [0.4, 0.5) is 0 Å². The molecule has 1 fully saturated rings. The van der Waals surface area contributed by atoms with Crippen LogP contribution in [0.15, 0.2) is 22.7 Å². The molecular formula is C13H18BrClN2O2. The van der Waals surface area contributed by atoms with E-state index in [1.54, 1.807) is 19.2 Å². The molecule has 1 aliphatic rings. The zero-order valence-corrected chi connectivity index (χ0v) is 13.1. The maximum Gasteiger partial charge on any atom is 0.255 e. The Morgan fingerprint density at radius 1 is 1.53 bits per heavy atom. The van der Waals surface area contributed by atoms with Gasteiger partial charge in [-0.2, -0.15) is 0 Å². The summed E-state index contributed by atoms with van der Waals surface area (Å²) in [5.74, 6) is 0.513. The highest BCUT2D eigenvalue weighted by atomic mass is 79.9. The minimum atomic E-state index is -0.0759. The van der Waals surface area contributed by atoms with Gasteiger partial charge in [-0.3, -0.25) is 4.79 Å². The fourth-order valence-electron chi connectivity index (χ4n) is 2.09. The molecule has 1 aliphatic heterocycles. The summed E-state index contributed by atoms with van der Waals surface area (Å²) in [5, 5.41) is 6.31. The van der Waals surface area contributed by atoms with Gasteiger partial charge in [-0.05, 0) is 37.6 Å². The van der Waals surface area contributed by atoms with E-state index in [1.165, 1.54) is 0 Å². The van der Waals surface area contributed by atoms with Crippen LogP contribution in [0.25, 0.3) is 0 Å². The topological polar surface area (TPSA) is 50.4 Å². The number of piperidine rings is 1. The van der Waals surface area contributed by atoms with Crippen LogP contribution < -0.4 is 15.4 Å². The molecule has 1 heterocycles. The van der Waals surface area contributed by atoms with Crippen LogP contribution in [0, 0.1) is 0 Å². The summed E-state index contributed by atoms with van der Waals surface area (Å²) in [4.78, 5) is 12.2. The molecule has 1 aromatic rings. The zero-order chi connectivity index (χ0) is 13.0. The molecule has 2 N–H and O–H groups in total. The Labute approximate surface area is 127 Å². The van der Waals surface area contributed by atoms with E-state index in [2.05, 4.69) is 26.6 Å². The molecule has 1 amide bonds. The van der Waals surface area contributed by atoms with Gasteiger partial charge in [-0.1, -0.05) is 15.9 Å². The predicted octanol–water partition coefficient (Wildman–Crippen LogP) is 2.36. The average Bonchev–Trinajstić information content (AvgIpc) is 2.39. The molecule has 0 unspecified atom stereocenters. The van der Waals surface area contributed by atoms with E-state index in [1.807, 2.05) is 6.07 Å². The van der Waals surface area contributed by atoms with Gasteiger partial charge in [0.05, 0.1) is 12.7 Å². The third-order valence-corrected chi connectivity index (χ3v) is 3.53. The average molecular weight is 350 g/mol. The van der Waals surface area contributed by atoms with Crippen molar-refractivity contribution in [3.8, 4) is 5.75 Å². The summed E-state index contributed by atoms with van der Waals surface area (Å²) in [6.45, 7) is 1.87. The number of amides is 1. The summed E-state index contributed by atoms with van der Waals surface area (Å²) < 4.78 is 6.13. The maximum absolute atomic E-state index is 12.2. The third kappa shape index (κ3) is 4.37. The fraction of sp³-hybridized carbons (Fsp3) is 0.462. The minimum Gasteiger partial charge on any atom is -0.496 e. The number of halogens is 2. The van der Waals surface area contributed by atoms with E-state index in [-0.39, 0.29) is 24.4 Å². The standard InChI is InChI=1S/C13H17BrN2O2.ClH/c1-18-12-7-9(14)4-5-11(12)13(17)16-10-3-2-6-15-8-10;/h4-5,7,10,15H,2-3,6,8H2,1H3,(H,16,17);1H/t10-;/m1./s1. The molecule has 0 saturated carbocycles. The van der Waals surface area contributed by atoms with Gasteiger partial charge in [0.15, 0.2) is 0 Å². The fourth-order valence-corrected chi connectivity index (χ4v) is 2.43. The van der Waals surface area contributed by atoms with Crippen LogP contribution in [-0.4, -0.2) is 32.1 Å². The number of benzene rings is 1. The van der Waals surface area contributed by atoms with Crippen molar-refractivity contribution >= 4 is 34.2 Å². The van der Waals surface area contributed by atoms with E-state index in [9.17, 15) is 4.79 Å². The number of hydrogen-bond donors (Lipinski definition) is 2. The number of nitrogens with one attached hydrogen (secondary N) is 2. The molecule has 1 aromatic carbocycles. The Kier molecular flexibility index (Phi) is 6.62. The van der Waals surface area contributed by atoms with Crippen LogP contribution >= 0.6 is 28.3 Å². The van der Waals surface area contributed by atoms with Crippen molar-refractivity contribution in [3.63, 3.8) is 0 Å². The van der Waals surface area contributed by atoms with Gasteiger partial charge in [0.1, 0.15) is 5.75 Å². The minimum absolute atomic E-state index is 0. The molecule has 0 aromatic heterocycles. The van der Waals surface area contributed by atoms with Crippen molar-refractivity contribution in [2.45, 2.75) is 18.9 Å². The van der Waals surface area contributed by atoms with E-state index >= 15 is 0 Å². The maximum atomic E-state index is 12.2. The highest BCUT2D eigenvalue weighted by Crippen LogP contribution is 2.23. The van der Waals surface area contributed by atoms with E-state index in [0.29, 0.717) is 11.3 Å². The second-order valence-corrected chi connectivity index (χ2v) is 5.28. The Morgan fingerprint density at radius 3 is 2.95 bits per heavy atom. The van der Waals surface area contributed by atoms with Crippen LogP contribution in [0.2, 0.25) is 0 Å². The normalized spacial score (nSPS) is 18.3. The number of rotatable bonds is 3. The Morgan fingerprint density at radius 2 is 2.32 bits per heavy atom. The number of methoxy groups -OCH3 is 1. The molecule has 19 heavy (non-hydrogen) atoms. The first-order valence-corrected chi connectivity index (χ1v) is 6.85. The lowest BCUT2D eigenvalue weighted by molar-refractivity contribution is 0.0927. The number of carbonyl (C=O) groups is 1. The highest BCUT2D eigenvalue weighted by molar-refractivity contribution is 9.10. The molecule has 4 nitrogen and oxygen atoms in total. The molecule has 1 saturated heterocycles. The van der Waals surface area contributed by atoms with Crippen molar-refractivity contribution in [2.24, 2.45) is 0 Å². The van der Waals surface area contributed by atoms with Crippen LogP contribution in [0.5, 0.6) is 5.75 Å². The van der Waals surface area contributed by atoms with E-state index in [4.69, 9.17) is 4.74 Å². The molecule has 0 spiro atoms. The van der Waals surface area contributed by atoms with Crippen molar-refractivity contribution < 1.29 is 9.53 Å².